The van der Waals surface area contributed by atoms with Crippen molar-refractivity contribution in [2.24, 2.45) is 0 Å². The van der Waals surface area contributed by atoms with Gasteiger partial charge in [-0.3, -0.25) is 4.98 Å². The molecule has 2 aliphatic rings. The Balaban J connectivity index is 1.65. The molecule has 170 valence electrons. The Labute approximate surface area is 203 Å². The lowest BCUT2D eigenvalue weighted by Gasteiger charge is -2.27. The van der Waals surface area contributed by atoms with Crippen LogP contribution in [0, 0.1) is 0 Å². The number of pyridine rings is 1. The summed E-state index contributed by atoms with van der Waals surface area (Å²) in [6.45, 7) is 16.3. The second-order valence-electron chi connectivity index (χ2n) is 12.2. The number of fused-ring (bicyclic) bond motifs is 6. The molecule has 0 radical (unpaired) electrons. The molecule has 0 bridgehead atoms. The van der Waals surface area contributed by atoms with Crippen molar-refractivity contribution in [2.45, 2.75) is 64.7 Å². The first-order valence-electron chi connectivity index (χ1n) is 12.4. The van der Waals surface area contributed by atoms with Gasteiger partial charge in [-0.2, -0.15) is 0 Å². The third kappa shape index (κ3) is 2.76. The lowest BCUT2D eigenvalue weighted by Crippen LogP contribution is -2.18. The van der Waals surface area contributed by atoms with Gasteiger partial charge in [0.2, 0.25) is 0 Å². The summed E-state index contributed by atoms with van der Waals surface area (Å²) in [6.07, 6.45) is 1.94. The van der Waals surface area contributed by atoms with Gasteiger partial charge < -0.3 is 0 Å². The molecule has 1 heteroatoms. The zero-order valence-electron chi connectivity index (χ0n) is 21.4. The molecule has 6 rings (SSSR count). The number of benzene rings is 3. The highest BCUT2D eigenvalue weighted by Crippen LogP contribution is 2.54. The molecule has 0 saturated heterocycles. The zero-order valence-corrected chi connectivity index (χ0v) is 21.4. The van der Waals surface area contributed by atoms with Gasteiger partial charge in [0.1, 0.15) is 0 Å². The van der Waals surface area contributed by atoms with E-state index in [0.29, 0.717) is 0 Å². The second-order valence-corrected chi connectivity index (χ2v) is 12.2. The van der Waals surface area contributed by atoms with Crippen molar-refractivity contribution in [1.82, 2.24) is 4.98 Å². The third-order valence-electron chi connectivity index (χ3n) is 8.29. The van der Waals surface area contributed by atoms with E-state index in [1.54, 1.807) is 0 Å². The summed E-state index contributed by atoms with van der Waals surface area (Å²) in [5, 5.41) is 0. The molecular weight excluding hydrogens is 410 g/mol. The quantitative estimate of drug-likeness (QED) is 0.287. The van der Waals surface area contributed by atoms with Gasteiger partial charge in [0.25, 0.3) is 0 Å². The third-order valence-corrected chi connectivity index (χ3v) is 8.29. The van der Waals surface area contributed by atoms with Gasteiger partial charge in [-0.05, 0) is 73.7 Å². The van der Waals surface area contributed by atoms with Crippen molar-refractivity contribution >= 4 is 0 Å². The van der Waals surface area contributed by atoms with Crippen molar-refractivity contribution in [2.75, 3.05) is 0 Å². The van der Waals surface area contributed by atoms with E-state index >= 15 is 0 Å². The van der Waals surface area contributed by atoms with Gasteiger partial charge in [-0.25, -0.2) is 0 Å². The van der Waals surface area contributed by atoms with Crippen LogP contribution >= 0.6 is 0 Å². The van der Waals surface area contributed by atoms with Crippen LogP contribution in [-0.4, -0.2) is 4.98 Å². The Morgan fingerprint density at radius 1 is 0.618 bits per heavy atom. The van der Waals surface area contributed by atoms with Gasteiger partial charge >= 0.3 is 0 Å². The van der Waals surface area contributed by atoms with Crippen LogP contribution in [0.3, 0.4) is 0 Å². The van der Waals surface area contributed by atoms with Crippen LogP contribution in [-0.2, 0) is 16.2 Å². The SMILES string of the molecule is CC(C)(C)c1cc(-c2ccc3c(c2)C(C)(C)c2ccccc2-3)c2c(c1)C(C)(C)c1cccnc1-2. The van der Waals surface area contributed by atoms with Crippen molar-refractivity contribution in [3.05, 3.63) is 101 Å². The van der Waals surface area contributed by atoms with E-state index in [9.17, 15) is 0 Å². The van der Waals surface area contributed by atoms with E-state index in [1.165, 1.54) is 55.6 Å². The number of hydrogen-bond donors (Lipinski definition) is 0. The number of rotatable bonds is 1. The lowest BCUT2D eigenvalue weighted by atomic mass is 9.77. The van der Waals surface area contributed by atoms with Crippen LogP contribution in [0.4, 0.5) is 0 Å². The molecule has 3 aromatic carbocycles. The first-order valence-corrected chi connectivity index (χ1v) is 12.4. The molecule has 2 aliphatic carbocycles. The molecule has 1 aromatic heterocycles. The maximum absolute atomic E-state index is 4.91. The van der Waals surface area contributed by atoms with Crippen molar-refractivity contribution in [3.8, 4) is 33.5 Å². The summed E-state index contributed by atoms with van der Waals surface area (Å²) < 4.78 is 0. The summed E-state index contributed by atoms with van der Waals surface area (Å²) in [6, 6.07) is 25.2. The maximum Gasteiger partial charge on any atom is 0.0752 e. The largest absolute Gasteiger partial charge is 0.256 e. The lowest BCUT2D eigenvalue weighted by molar-refractivity contribution is 0.585. The van der Waals surface area contributed by atoms with Gasteiger partial charge in [0, 0.05) is 22.6 Å². The molecule has 0 unspecified atom stereocenters. The smallest absolute Gasteiger partial charge is 0.0752 e. The first kappa shape index (κ1) is 21.4. The average molecular weight is 444 g/mol. The molecule has 1 heterocycles. The van der Waals surface area contributed by atoms with Gasteiger partial charge in [-0.15, -0.1) is 0 Å². The fourth-order valence-corrected chi connectivity index (χ4v) is 6.18. The van der Waals surface area contributed by atoms with Crippen molar-refractivity contribution in [3.63, 3.8) is 0 Å². The average Bonchev–Trinajstić information content (AvgIpc) is 3.18. The van der Waals surface area contributed by atoms with Crippen LogP contribution in [0.2, 0.25) is 0 Å². The monoisotopic (exact) mass is 443 g/mol. The molecule has 0 N–H and O–H groups in total. The Bertz CT molecular complexity index is 1480. The van der Waals surface area contributed by atoms with Crippen molar-refractivity contribution < 1.29 is 0 Å². The van der Waals surface area contributed by atoms with E-state index in [4.69, 9.17) is 4.98 Å². The van der Waals surface area contributed by atoms with Crippen LogP contribution in [0.25, 0.3) is 33.5 Å². The summed E-state index contributed by atoms with van der Waals surface area (Å²) in [4.78, 5) is 4.91. The van der Waals surface area contributed by atoms with Crippen LogP contribution in [0.15, 0.2) is 72.9 Å². The topological polar surface area (TPSA) is 12.9 Å². The molecule has 0 amide bonds. The minimum atomic E-state index is -0.0683. The molecule has 0 fully saturated rings. The highest BCUT2D eigenvalue weighted by atomic mass is 14.7. The molecular formula is C33H33N. The fourth-order valence-electron chi connectivity index (χ4n) is 6.18. The second kappa shape index (κ2) is 6.69. The van der Waals surface area contributed by atoms with Gasteiger partial charge in [0.15, 0.2) is 0 Å². The maximum atomic E-state index is 4.91. The highest BCUT2D eigenvalue weighted by Gasteiger charge is 2.40. The normalized spacial score (nSPS) is 16.6. The van der Waals surface area contributed by atoms with E-state index in [0.717, 1.165) is 5.69 Å². The van der Waals surface area contributed by atoms with Gasteiger partial charge in [-0.1, -0.05) is 97.0 Å². The summed E-state index contributed by atoms with van der Waals surface area (Å²) in [7, 11) is 0. The van der Waals surface area contributed by atoms with E-state index in [2.05, 4.69) is 115 Å². The Morgan fingerprint density at radius 3 is 2.06 bits per heavy atom. The first-order chi connectivity index (χ1) is 16.0. The summed E-state index contributed by atoms with van der Waals surface area (Å²) in [5.41, 5.74) is 14.7. The van der Waals surface area contributed by atoms with Crippen LogP contribution in [0.1, 0.15) is 76.3 Å². The zero-order chi connectivity index (χ0) is 24.0. The Morgan fingerprint density at radius 2 is 1.29 bits per heavy atom. The standard InChI is InChI=1S/C33H33N/c1-31(2,3)21-18-24(29-28(19-21)33(6,7)26-13-10-16-34-30(26)29)20-14-15-23-22-11-8-9-12-25(22)32(4,5)27(23)17-20/h8-19H,1-7H3. The van der Waals surface area contributed by atoms with Crippen LogP contribution in [0.5, 0.6) is 0 Å². The Hall–Kier alpha value is -3.19. The molecule has 34 heavy (non-hydrogen) atoms. The molecule has 0 aliphatic heterocycles. The predicted molar refractivity (Wildman–Crippen MR) is 144 cm³/mol. The molecule has 4 aromatic rings. The highest BCUT2D eigenvalue weighted by molar-refractivity contribution is 5.93. The molecule has 0 spiro atoms. The predicted octanol–water partition coefficient (Wildman–Crippen LogP) is 8.66. The number of hydrogen-bond acceptors (Lipinski definition) is 1. The van der Waals surface area contributed by atoms with E-state index in [-0.39, 0.29) is 16.2 Å². The minimum Gasteiger partial charge on any atom is -0.256 e. The molecule has 0 saturated carbocycles. The fraction of sp³-hybridized carbons (Fsp3) is 0.303. The summed E-state index contributed by atoms with van der Waals surface area (Å²) >= 11 is 0. The number of aromatic nitrogens is 1. The minimum absolute atomic E-state index is 0.0117. The molecule has 1 nitrogen and oxygen atoms in total. The molecule has 0 atom stereocenters. The van der Waals surface area contributed by atoms with Crippen molar-refractivity contribution in [1.29, 1.82) is 0 Å². The van der Waals surface area contributed by atoms with E-state index < -0.39 is 0 Å². The Kier molecular flexibility index (Phi) is 4.20. The van der Waals surface area contributed by atoms with Gasteiger partial charge in [0.05, 0.1) is 5.69 Å². The number of nitrogens with zero attached hydrogens (tertiary/aromatic N) is 1. The van der Waals surface area contributed by atoms with Crippen LogP contribution < -0.4 is 0 Å². The van der Waals surface area contributed by atoms with E-state index in [1.807, 2.05) is 6.20 Å². The summed E-state index contributed by atoms with van der Waals surface area (Å²) in [5.74, 6) is 0.